The summed E-state index contributed by atoms with van der Waals surface area (Å²) < 4.78 is 5.67. The summed E-state index contributed by atoms with van der Waals surface area (Å²) in [6.45, 7) is 9.00. The van der Waals surface area contributed by atoms with E-state index in [1.807, 2.05) is 39.8 Å². The van der Waals surface area contributed by atoms with Gasteiger partial charge < -0.3 is 9.64 Å². The predicted octanol–water partition coefficient (Wildman–Crippen LogP) is 3.64. The number of nitro groups is 1. The Morgan fingerprint density at radius 2 is 1.87 bits per heavy atom. The van der Waals surface area contributed by atoms with E-state index in [1.54, 1.807) is 11.0 Å². The first-order valence-electron chi connectivity index (χ1n) is 7.47. The van der Waals surface area contributed by atoms with Gasteiger partial charge in [-0.2, -0.15) is 4.98 Å². The highest BCUT2D eigenvalue weighted by Gasteiger charge is 2.27. The number of benzene rings is 1. The number of rotatable bonds is 6. The van der Waals surface area contributed by atoms with Crippen molar-refractivity contribution >= 4 is 11.5 Å². The summed E-state index contributed by atoms with van der Waals surface area (Å²) in [5.74, 6) is 0.740. The molecule has 0 aliphatic rings. The van der Waals surface area contributed by atoms with Gasteiger partial charge in [-0.3, -0.25) is 10.1 Å². The van der Waals surface area contributed by atoms with Gasteiger partial charge in [0.1, 0.15) is 12.1 Å². The molecule has 0 saturated heterocycles. The Bertz CT molecular complexity index is 714. The quantitative estimate of drug-likeness (QED) is 0.598. The van der Waals surface area contributed by atoms with Crippen molar-refractivity contribution in [2.24, 2.45) is 0 Å². The van der Waals surface area contributed by atoms with Gasteiger partial charge >= 0.3 is 11.6 Å². The topological polar surface area (TPSA) is 81.4 Å². The lowest BCUT2D eigenvalue weighted by atomic mass is 10.1. The van der Waals surface area contributed by atoms with E-state index in [1.165, 1.54) is 6.33 Å². The van der Waals surface area contributed by atoms with Gasteiger partial charge in [0.05, 0.1) is 4.92 Å². The summed E-state index contributed by atoms with van der Waals surface area (Å²) in [4.78, 5) is 20.8. The van der Waals surface area contributed by atoms with E-state index >= 15 is 0 Å². The Balaban J connectivity index is 2.47. The van der Waals surface area contributed by atoms with Crippen LogP contribution in [0.15, 0.2) is 24.5 Å². The average molecular weight is 316 g/mol. The van der Waals surface area contributed by atoms with E-state index in [4.69, 9.17) is 4.74 Å². The van der Waals surface area contributed by atoms with Crippen molar-refractivity contribution in [3.8, 4) is 11.6 Å². The normalized spacial score (nSPS) is 10.4. The van der Waals surface area contributed by atoms with Crippen LogP contribution in [-0.2, 0) is 0 Å². The second kappa shape index (κ2) is 7.04. The first-order valence-corrected chi connectivity index (χ1v) is 7.47. The molecular weight excluding hydrogens is 296 g/mol. The molecular formula is C16H20N4O3. The third-order valence-electron chi connectivity index (χ3n) is 3.71. The minimum absolute atomic E-state index is 0.0462. The maximum Gasteiger partial charge on any atom is 0.373 e. The van der Waals surface area contributed by atoms with Crippen LogP contribution in [0.3, 0.4) is 0 Å². The van der Waals surface area contributed by atoms with E-state index in [-0.39, 0.29) is 17.4 Å². The van der Waals surface area contributed by atoms with Gasteiger partial charge in [0.15, 0.2) is 0 Å². The van der Waals surface area contributed by atoms with Crippen LogP contribution >= 0.6 is 0 Å². The number of aryl methyl sites for hydroxylation is 2. The molecule has 0 aliphatic heterocycles. The highest BCUT2D eigenvalue weighted by Crippen LogP contribution is 2.36. The highest BCUT2D eigenvalue weighted by molar-refractivity contribution is 5.63. The lowest BCUT2D eigenvalue weighted by molar-refractivity contribution is -0.385. The number of anilines is 1. The largest absolute Gasteiger partial charge is 0.434 e. The summed E-state index contributed by atoms with van der Waals surface area (Å²) in [5.41, 5.74) is 1.95. The number of aromatic nitrogens is 2. The minimum Gasteiger partial charge on any atom is -0.434 e. The fraction of sp³-hybridized carbons (Fsp3) is 0.375. The number of ether oxygens (including phenoxy) is 1. The summed E-state index contributed by atoms with van der Waals surface area (Å²) in [7, 11) is 0. The van der Waals surface area contributed by atoms with Crippen LogP contribution in [0.1, 0.15) is 25.0 Å². The second-order valence-corrected chi connectivity index (χ2v) is 5.13. The van der Waals surface area contributed by atoms with Gasteiger partial charge in [-0.05, 0) is 51.0 Å². The van der Waals surface area contributed by atoms with Gasteiger partial charge in [-0.25, -0.2) is 4.98 Å². The molecule has 7 heteroatoms. The van der Waals surface area contributed by atoms with Crippen molar-refractivity contribution in [1.82, 2.24) is 9.97 Å². The Labute approximate surface area is 135 Å². The number of hydrogen-bond acceptors (Lipinski definition) is 6. The standard InChI is InChI=1S/C16H20N4O3/c1-5-19(6-2)15-14(20(21)22)16(18-10-17-15)23-13-8-7-11(3)12(4)9-13/h7-10H,5-6H2,1-4H3. The summed E-state index contributed by atoms with van der Waals surface area (Å²) >= 11 is 0. The van der Waals surface area contributed by atoms with Crippen molar-refractivity contribution < 1.29 is 9.66 Å². The molecule has 2 rings (SSSR count). The molecule has 1 heterocycles. The van der Waals surface area contributed by atoms with Gasteiger partial charge in [0.25, 0.3) is 0 Å². The molecule has 0 saturated carbocycles. The smallest absolute Gasteiger partial charge is 0.373 e. The van der Waals surface area contributed by atoms with Crippen LogP contribution in [0, 0.1) is 24.0 Å². The fourth-order valence-corrected chi connectivity index (χ4v) is 2.23. The number of hydrogen-bond donors (Lipinski definition) is 0. The Morgan fingerprint density at radius 1 is 1.17 bits per heavy atom. The maximum absolute atomic E-state index is 11.5. The lowest BCUT2D eigenvalue weighted by Gasteiger charge is -2.19. The van der Waals surface area contributed by atoms with E-state index in [0.717, 1.165) is 11.1 Å². The molecule has 122 valence electrons. The summed E-state index contributed by atoms with van der Waals surface area (Å²) in [6.07, 6.45) is 1.29. The van der Waals surface area contributed by atoms with Crippen molar-refractivity contribution in [2.75, 3.05) is 18.0 Å². The molecule has 1 aromatic heterocycles. The molecule has 0 atom stereocenters. The fourth-order valence-electron chi connectivity index (χ4n) is 2.23. The lowest BCUT2D eigenvalue weighted by Crippen LogP contribution is -2.24. The van der Waals surface area contributed by atoms with E-state index < -0.39 is 4.92 Å². The van der Waals surface area contributed by atoms with Crippen LogP contribution in [0.5, 0.6) is 11.6 Å². The minimum atomic E-state index is -0.496. The second-order valence-electron chi connectivity index (χ2n) is 5.13. The van der Waals surface area contributed by atoms with Gasteiger partial charge in [-0.1, -0.05) is 6.07 Å². The van der Waals surface area contributed by atoms with Crippen LogP contribution in [-0.4, -0.2) is 28.0 Å². The Hall–Kier alpha value is -2.70. The Morgan fingerprint density at radius 3 is 2.43 bits per heavy atom. The zero-order chi connectivity index (χ0) is 17.0. The van der Waals surface area contributed by atoms with Gasteiger partial charge in [0.2, 0.25) is 5.82 Å². The molecule has 0 spiro atoms. The zero-order valence-corrected chi connectivity index (χ0v) is 13.7. The molecule has 0 amide bonds. The molecule has 0 unspecified atom stereocenters. The summed E-state index contributed by atoms with van der Waals surface area (Å²) in [6, 6.07) is 5.51. The van der Waals surface area contributed by atoms with Crippen LogP contribution < -0.4 is 9.64 Å². The van der Waals surface area contributed by atoms with E-state index in [2.05, 4.69) is 9.97 Å². The van der Waals surface area contributed by atoms with Crippen LogP contribution in [0.25, 0.3) is 0 Å². The molecule has 0 radical (unpaired) electrons. The highest BCUT2D eigenvalue weighted by atomic mass is 16.6. The van der Waals surface area contributed by atoms with Crippen molar-refractivity contribution in [1.29, 1.82) is 0 Å². The third-order valence-corrected chi connectivity index (χ3v) is 3.71. The molecule has 1 aromatic carbocycles. The van der Waals surface area contributed by atoms with Crippen molar-refractivity contribution in [3.05, 3.63) is 45.8 Å². The average Bonchev–Trinajstić information content (AvgIpc) is 2.52. The monoisotopic (exact) mass is 316 g/mol. The third kappa shape index (κ3) is 3.56. The first-order chi connectivity index (χ1) is 11.0. The molecule has 2 aromatic rings. The van der Waals surface area contributed by atoms with Crippen LogP contribution in [0.4, 0.5) is 11.5 Å². The van der Waals surface area contributed by atoms with E-state index in [9.17, 15) is 10.1 Å². The number of nitrogens with zero attached hydrogens (tertiary/aromatic N) is 4. The molecule has 0 aliphatic carbocycles. The van der Waals surface area contributed by atoms with Crippen molar-refractivity contribution in [3.63, 3.8) is 0 Å². The van der Waals surface area contributed by atoms with Gasteiger partial charge in [-0.15, -0.1) is 0 Å². The SMILES string of the molecule is CCN(CC)c1ncnc(Oc2ccc(C)c(C)c2)c1[N+](=O)[O-]. The first kappa shape index (κ1) is 16.7. The summed E-state index contributed by atoms with van der Waals surface area (Å²) in [5, 5.41) is 11.5. The molecule has 7 nitrogen and oxygen atoms in total. The van der Waals surface area contributed by atoms with Crippen LogP contribution in [0.2, 0.25) is 0 Å². The van der Waals surface area contributed by atoms with E-state index in [0.29, 0.717) is 18.8 Å². The molecule has 23 heavy (non-hydrogen) atoms. The van der Waals surface area contributed by atoms with Crippen molar-refractivity contribution in [2.45, 2.75) is 27.7 Å². The molecule has 0 bridgehead atoms. The maximum atomic E-state index is 11.5. The Kier molecular flexibility index (Phi) is 5.10. The predicted molar refractivity (Wildman–Crippen MR) is 88.2 cm³/mol. The zero-order valence-electron chi connectivity index (χ0n) is 13.7. The molecule has 0 fully saturated rings. The van der Waals surface area contributed by atoms with Gasteiger partial charge in [0, 0.05) is 13.1 Å². The molecule has 0 N–H and O–H groups in total.